The number of likely N-dealkylation sites (N-methyl/N-ethyl adjacent to an activating group) is 1. The Hall–Kier alpha value is -2.33. The molecule has 1 amide bonds. The predicted molar refractivity (Wildman–Crippen MR) is 103 cm³/mol. The molecular formula is C20H20N2OS. The Morgan fingerprint density at radius 1 is 1.25 bits per heavy atom. The lowest BCUT2D eigenvalue weighted by molar-refractivity contribution is 0.103. The van der Waals surface area contributed by atoms with Crippen LogP contribution in [0, 0.1) is 6.92 Å². The molecule has 1 aromatic heterocycles. The Labute approximate surface area is 145 Å². The van der Waals surface area contributed by atoms with Crippen molar-refractivity contribution in [3.05, 3.63) is 58.5 Å². The molecule has 3 nitrogen and oxygen atoms in total. The van der Waals surface area contributed by atoms with Crippen molar-refractivity contribution in [3.8, 4) is 0 Å². The van der Waals surface area contributed by atoms with Gasteiger partial charge in [-0.3, -0.25) is 4.79 Å². The SMILES string of the molecule is CCN1CCc2ccc(NC(=O)c3sc4ccccc4c3C)cc21. The van der Waals surface area contributed by atoms with Gasteiger partial charge in [0.15, 0.2) is 0 Å². The lowest BCUT2D eigenvalue weighted by Crippen LogP contribution is -2.19. The zero-order valence-corrected chi connectivity index (χ0v) is 14.7. The van der Waals surface area contributed by atoms with Gasteiger partial charge in [0.1, 0.15) is 0 Å². The first-order valence-electron chi connectivity index (χ1n) is 8.34. The van der Waals surface area contributed by atoms with Crippen molar-refractivity contribution in [2.75, 3.05) is 23.3 Å². The summed E-state index contributed by atoms with van der Waals surface area (Å²) in [5, 5.41) is 4.24. The number of aryl methyl sites for hydroxylation is 1. The maximum atomic E-state index is 12.7. The van der Waals surface area contributed by atoms with E-state index >= 15 is 0 Å². The van der Waals surface area contributed by atoms with Crippen LogP contribution in [0.3, 0.4) is 0 Å². The van der Waals surface area contributed by atoms with E-state index in [2.05, 4.69) is 41.4 Å². The molecule has 1 aliphatic rings. The lowest BCUT2D eigenvalue weighted by atomic mass is 10.1. The van der Waals surface area contributed by atoms with E-state index in [4.69, 9.17) is 0 Å². The van der Waals surface area contributed by atoms with Crippen LogP contribution in [-0.2, 0) is 6.42 Å². The molecular weight excluding hydrogens is 316 g/mol. The Bertz CT molecular complexity index is 929. The quantitative estimate of drug-likeness (QED) is 0.742. The first-order chi connectivity index (χ1) is 11.7. The summed E-state index contributed by atoms with van der Waals surface area (Å²) in [5.74, 6) is -0.0188. The second-order valence-electron chi connectivity index (χ2n) is 6.18. The minimum Gasteiger partial charge on any atom is -0.371 e. The number of hydrogen-bond donors (Lipinski definition) is 1. The molecule has 0 unspecified atom stereocenters. The molecule has 4 heteroatoms. The van der Waals surface area contributed by atoms with Crippen LogP contribution in [0.4, 0.5) is 11.4 Å². The summed E-state index contributed by atoms with van der Waals surface area (Å²) in [5.41, 5.74) is 4.55. The lowest BCUT2D eigenvalue weighted by Gasteiger charge is -2.17. The summed E-state index contributed by atoms with van der Waals surface area (Å²) in [4.78, 5) is 15.9. The Morgan fingerprint density at radius 2 is 2.08 bits per heavy atom. The van der Waals surface area contributed by atoms with Crippen molar-refractivity contribution < 1.29 is 4.79 Å². The van der Waals surface area contributed by atoms with Crippen molar-refractivity contribution in [1.82, 2.24) is 0 Å². The molecule has 1 aliphatic heterocycles. The molecule has 3 aromatic rings. The number of nitrogens with zero attached hydrogens (tertiary/aromatic N) is 1. The topological polar surface area (TPSA) is 32.3 Å². The predicted octanol–water partition coefficient (Wildman–Crippen LogP) is 4.84. The average Bonchev–Trinajstić information content (AvgIpc) is 3.16. The molecule has 1 N–H and O–H groups in total. The summed E-state index contributed by atoms with van der Waals surface area (Å²) in [7, 11) is 0. The van der Waals surface area contributed by atoms with Gasteiger partial charge >= 0.3 is 0 Å². The minimum atomic E-state index is -0.0188. The van der Waals surface area contributed by atoms with Crippen LogP contribution in [0.15, 0.2) is 42.5 Å². The number of rotatable bonds is 3. The van der Waals surface area contributed by atoms with Gasteiger partial charge in [-0.25, -0.2) is 0 Å². The fourth-order valence-corrected chi connectivity index (χ4v) is 4.53. The van der Waals surface area contributed by atoms with Crippen LogP contribution in [0.2, 0.25) is 0 Å². The van der Waals surface area contributed by atoms with Crippen molar-refractivity contribution in [3.63, 3.8) is 0 Å². The van der Waals surface area contributed by atoms with Gasteiger partial charge < -0.3 is 10.2 Å². The number of anilines is 2. The number of hydrogen-bond acceptors (Lipinski definition) is 3. The fourth-order valence-electron chi connectivity index (χ4n) is 3.43. The van der Waals surface area contributed by atoms with Crippen molar-refractivity contribution in [1.29, 1.82) is 0 Å². The number of carbonyl (C=O) groups is 1. The maximum absolute atomic E-state index is 12.7. The number of carbonyl (C=O) groups excluding carboxylic acids is 1. The average molecular weight is 336 g/mol. The monoisotopic (exact) mass is 336 g/mol. The molecule has 0 radical (unpaired) electrons. The summed E-state index contributed by atoms with van der Waals surface area (Å²) >= 11 is 1.56. The summed E-state index contributed by atoms with van der Waals surface area (Å²) in [6.07, 6.45) is 1.09. The third kappa shape index (κ3) is 2.47. The maximum Gasteiger partial charge on any atom is 0.266 e. The molecule has 24 heavy (non-hydrogen) atoms. The van der Waals surface area contributed by atoms with Crippen LogP contribution < -0.4 is 10.2 Å². The van der Waals surface area contributed by atoms with Crippen LogP contribution in [0.1, 0.15) is 27.7 Å². The number of fused-ring (bicyclic) bond motifs is 2. The highest BCUT2D eigenvalue weighted by Gasteiger charge is 2.19. The van der Waals surface area contributed by atoms with Gasteiger partial charge in [-0.1, -0.05) is 24.3 Å². The van der Waals surface area contributed by atoms with Crippen LogP contribution in [0.25, 0.3) is 10.1 Å². The summed E-state index contributed by atoms with van der Waals surface area (Å²) in [6.45, 7) is 6.26. The van der Waals surface area contributed by atoms with Gasteiger partial charge in [-0.15, -0.1) is 11.3 Å². The number of nitrogens with one attached hydrogen (secondary N) is 1. The number of thiophene rings is 1. The summed E-state index contributed by atoms with van der Waals surface area (Å²) in [6, 6.07) is 14.4. The number of benzene rings is 2. The molecule has 0 saturated carbocycles. The smallest absolute Gasteiger partial charge is 0.266 e. The largest absolute Gasteiger partial charge is 0.371 e. The fraction of sp³-hybridized carbons (Fsp3) is 0.250. The zero-order valence-electron chi connectivity index (χ0n) is 13.9. The van der Waals surface area contributed by atoms with E-state index in [1.807, 2.05) is 25.1 Å². The third-order valence-electron chi connectivity index (χ3n) is 4.77. The second kappa shape index (κ2) is 5.95. The molecule has 0 spiro atoms. The van der Waals surface area contributed by atoms with E-state index in [9.17, 15) is 4.79 Å². The molecule has 4 rings (SSSR count). The van der Waals surface area contributed by atoms with E-state index in [1.165, 1.54) is 16.6 Å². The van der Waals surface area contributed by atoms with Gasteiger partial charge in [0.05, 0.1) is 4.88 Å². The van der Waals surface area contributed by atoms with Crippen molar-refractivity contribution >= 4 is 38.7 Å². The molecule has 0 atom stereocenters. The second-order valence-corrected chi connectivity index (χ2v) is 7.23. The van der Waals surface area contributed by atoms with E-state index in [1.54, 1.807) is 11.3 Å². The third-order valence-corrected chi connectivity index (χ3v) is 6.04. The minimum absolute atomic E-state index is 0.0188. The zero-order chi connectivity index (χ0) is 16.7. The molecule has 2 heterocycles. The van der Waals surface area contributed by atoms with Crippen LogP contribution in [0.5, 0.6) is 0 Å². The Kier molecular flexibility index (Phi) is 3.77. The van der Waals surface area contributed by atoms with E-state index < -0.39 is 0 Å². The molecule has 0 bridgehead atoms. The van der Waals surface area contributed by atoms with Crippen LogP contribution in [-0.4, -0.2) is 19.0 Å². The molecule has 0 fully saturated rings. The van der Waals surface area contributed by atoms with Gasteiger partial charge in [0.25, 0.3) is 5.91 Å². The Balaban J connectivity index is 1.63. The first-order valence-corrected chi connectivity index (χ1v) is 9.16. The molecule has 122 valence electrons. The van der Waals surface area contributed by atoms with Gasteiger partial charge in [0, 0.05) is 29.2 Å². The van der Waals surface area contributed by atoms with Crippen LogP contribution >= 0.6 is 11.3 Å². The van der Waals surface area contributed by atoms with Gasteiger partial charge in [-0.05, 0) is 55.0 Å². The first kappa shape index (κ1) is 15.2. The molecule has 2 aromatic carbocycles. The number of amides is 1. The summed E-state index contributed by atoms with van der Waals surface area (Å²) < 4.78 is 1.16. The molecule has 0 saturated heterocycles. The molecule has 0 aliphatic carbocycles. The van der Waals surface area contributed by atoms with Crippen molar-refractivity contribution in [2.24, 2.45) is 0 Å². The highest BCUT2D eigenvalue weighted by Crippen LogP contribution is 2.33. The van der Waals surface area contributed by atoms with E-state index in [-0.39, 0.29) is 5.91 Å². The Morgan fingerprint density at radius 3 is 2.88 bits per heavy atom. The highest BCUT2D eigenvalue weighted by molar-refractivity contribution is 7.21. The van der Waals surface area contributed by atoms with Gasteiger partial charge in [-0.2, -0.15) is 0 Å². The van der Waals surface area contributed by atoms with Gasteiger partial charge in [0.2, 0.25) is 0 Å². The van der Waals surface area contributed by atoms with E-state index in [0.717, 1.165) is 40.3 Å². The highest BCUT2D eigenvalue weighted by atomic mass is 32.1. The van der Waals surface area contributed by atoms with Crippen molar-refractivity contribution in [2.45, 2.75) is 20.3 Å². The standard InChI is InChI=1S/C20H20N2OS/c1-3-22-11-10-14-8-9-15(12-17(14)22)21-20(23)19-13(2)16-6-4-5-7-18(16)24-19/h4-9,12H,3,10-11H2,1-2H3,(H,21,23). The van der Waals surface area contributed by atoms with E-state index in [0.29, 0.717) is 0 Å². The normalized spacial score (nSPS) is 13.3.